The third kappa shape index (κ3) is 5.54. The fraction of sp³-hybridized carbons (Fsp3) is 0.308. The third-order valence-corrected chi connectivity index (χ3v) is 2.44. The molecule has 0 amide bonds. The Morgan fingerprint density at radius 1 is 1.39 bits per heavy atom. The second-order valence-electron chi connectivity index (χ2n) is 3.50. The normalized spacial score (nSPS) is 9.39. The largest absolute Gasteiger partial charge is 0.502 e. The molecule has 0 heterocycles. The summed E-state index contributed by atoms with van der Waals surface area (Å²) in [6.07, 6.45) is 2.31. The zero-order chi connectivity index (χ0) is 13.2. The Kier molecular flexibility index (Phi) is 6.64. The zero-order valence-electron chi connectivity index (χ0n) is 10.4. The molecule has 0 fully saturated rings. The van der Waals surface area contributed by atoms with E-state index in [-0.39, 0.29) is 0 Å². The fourth-order valence-electron chi connectivity index (χ4n) is 1.29. The van der Waals surface area contributed by atoms with Crippen LogP contribution in [0.4, 0.5) is 5.69 Å². The summed E-state index contributed by atoms with van der Waals surface area (Å²) in [7, 11) is 1.64. The number of nitrogens with one attached hydrogen (secondary N) is 2. The molecule has 1 aromatic carbocycles. The molecule has 0 saturated heterocycles. The number of thiocarbonyl (C=S) groups is 1. The fourth-order valence-corrected chi connectivity index (χ4v) is 1.51. The average Bonchev–Trinajstić information content (AvgIpc) is 2.39. The smallest absolute Gasteiger partial charge is 0.170 e. The molecular formula is C13H18N2O2S. The summed E-state index contributed by atoms with van der Waals surface area (Å²) < 4.78 is 10.1. The van der Waals surface area contributed by atoms with Crippen LogP contribution in [0.1, 0.15) is 6.42 Å². The Labute approximate surface area is 113 Å². The zero-order valence-corrected chi connectivity index (χ0v) is 11.3. The molecular weight excluding hydrogens is 248 g/mol. The topological polar surface area (TPSA) is 42.5 Å². The monoisotopic (exact) mass is 266 g/mol. The van der Waals surface area contributed by atoms with Gasteiger partial charge in [0, 0.05) is 12.2 Å². The van der Waals surface area contributed by atoms with Gasteiger partial charge in [-0.05, 0) is 42.9 Å². The van der Waals surface area contributed by atoms with Crippen LogP contribution >= 0.6 is 12.2 Å². The predicted molar refractivity (Wildman–Crippen MR) is 78.0 cm³/mol. The van der Waals surface area contributed by atoms with Gasteiger partial charge >= 0.3 is 0 Å². The molecule has 0 aliphatic heterocycles. The minimum absolute atomic E-state index is 0.596. The Bertz CT molecular complexity index is 379. The van der Waals surface area contributed by atoms with Crippen LogP contribution in [0.25, 0.3) is 0 Å². The lowest BCUT2D eigenvalue weighted by molar-refractivity contribution is 0.247. The standard InChI is InChI=1S/C13H18N2O2S/c1-3-17-10-4-9-14-13(18)15-11-5-7-12(16-2)8-6-11/h3,5-8H,1,4,9-10H2,2H3,(H2,14,15,18). The number of benzene rings is 1. The van der Waals surface area contributed by atoms with Gasteiger partial charge in [-0.3, -0.25) is 0 Å². The first-order valence-electron chi connectivity index (χ1n) is 5.67. The van der Waals surface area contributed by atoms with E-state index < -0.39 is 0 Å². The van der Waals surface area contributed by atoms with Gasteiger partial charge in [-0.1, -0.05) is 6.58 Å². The molecule has 98 valence electrons. The summed E-state index contributed by atoms with van der Waals surface area (Å²) in [5.74, 6) is 0.820. The van der Waals surface area contributed by atoms with Crippen molar-refractivity contribution in [3.05, 3.63) is 37.1 Å². The lowest BCUT2D eigenvalue weighted by Gasteiger charge is -2.10. The molecule has 2 N–H and O–H groups in total. The molecule has 0 aliphatic carbocycles. The number of anilines is 1. The third-order valence-electron chi connectivity index (χ3n) is 2.19. The van der Waals surface area contributed by atoms with Gasteiger partial charge in [0.15, 0.2) is 5.11 Å². The summed E-state index contributed by atoms with van der Waals surface area (Å²) in [5.41, 5.74) is 0.927. The van der Waals surface area contributed by atoms with E-state index in [1.165, 1.54) is 6.26 Å². The summed E-state index contributed by atoms with van der Waals surface area (Å²) in [4.78, 5) is 0. The molecule has 4 nitrogen and oxygen atoms in total. The van der Waals surface area contributed by atoms with E-state index in [2.05, 4.69) is 17.2 Å². The maximum absolute atomic E-state index is 5.16. The van der Waals surface area contributed by atoms with Gasteiger partial charge in [-0.2, -0.15) is 0 Å². The Balaban J connectivity index is 2.24. The molecule has 5 heteroatoms. The molecule has 0 bridgehead atoms. The van der Waals surface area contributed by atoms with Crippen LogP contribution in [-0.2, 0) is 4.74 Å². The van der Waals surface area contributed by atoms with Gasteiger partial charge in [0.1, 0.15) is 5.75 Å². The van der Waals surface area contributed by atoms with Gasteiger partial charge in [-0.15, -0.1) is 0 Å². The highest BCUT2D eigenvalue weighted by atomic mass is 32.1. The molecule has 0 spiro atoms. The highest BCUT2D eigenvalue weighted by Gasteiger charge is 1.97. The lowest BCUT2D eigenvalue weighted by Crippen LogP contribution is -2.29. The summed E-state index contributed by atoms with van der Waals surface area (Å²) in [5, 5.41) is 6.78. The minimum Gasteiger partial charge on any atom is -0.502 e. The van der Waals surface area contributed by atoms with Crippen molar-refractivity contribution >= 4 is 23.0 Å². The van der Waals surface area contributed by atoms with Gasteiger partial charge in [0.25, 0.3) is 0 Å². The first-order valence-corrected chi connectivity index (χ1v) is 6.08. The van der Waals surface area contributed by atoms with Crippen molar-refractivity contribution in [3.8, 4) is 5.75 Å². The van der Waals surface area contributed by atoms with Crippen LogP contribution in [0, 0.1) is 0 Å². The number of methoxy groups -OCH3 is 1. The van der Waals surface area contributed by atoms with E-state index in [9.17, 15) is 0 Å². The molecule has 1 rings (SSSR count). The number of hydrogen-bond acceptors (Lipinski definition) is 3. The number of rotatable bonds is 7. The maximum atomic E-state index is 5.16. The second kappa shape index (κ2) is 8.36. The van der Waals surface area contributed by atoms with Crippen molar-refractivity contribution in [1.29, 1.82) is 0 Å². The first-order chi connectivity index (χ1) is 8.76. The number of hydrogen-bond donors (Lipinski definition) is 2. The minimum atomic E-state index is 0.596. The Morgan fingerprint density at radius 2 is 2.11 bits per heavy atom. The van der Waals surface area contributed by atoms with Crippen LogP contribution in [0.3, 0.4) is 0 Å². The van der Waals surface area contributed by atoms with Gasteiger partial charge in [0.05, 0.1) is 20.0 Å². The SMILES string of the molecule is C=COCCCNC(=S)Nc1ccc(OC)cc1. The van der Waals surface area contributed by atoms with Crippen molar-refractivity contribution in [3.63, 3.8) is 0 Å². The van der Waals surface area contributed by atoms with Crippen LogP contribution in [0.15, 0.2) is 37.1 Å². The lowest BCUT2D eigenvalue weighted by atomic mass is 10.3. The summed E-state index contributed by atoms with van der Waals surface area (Å²) in [6, 6.07) is 7.58. The highest BCUT2D eigenvalue weighted by Crippen LogP contribution is 2.14. The number of ether oxygens (including phenoxy) is 2. The van der Waals surface area contributed by atoms with Crippen molar-refractivity contribution < 1.29 is 9.47 Å². The van der Waals surface area contributed by atoms with E-state index in [1.54, 1.807) is 7.11 Å². The average molecular weight is 266 g/mol. The van der Waals surface area contributed by atoms with Crippen LogP contribution in [0.5, 0.6) is 5.75 Å². The summed E-state index contributed by atoms with van der Waals surface area (Å²) >= 11 is 5.16. The van der Waals surface area contributed by atoms with E-state index in [0.29, 0.717) is 11.7 Å². The molecule has 0 radical (unpaired) electrons. The van der Waals surface area contributed by atoms with E-state index in [0.717, 1.165) is 24.4 Å². The second-order valence-corrected chi connectivity index (χ2v) is 3.91. The molecule has 1 aromatic rings. The van der Waals surface area contributed by atoms with Gasteiger partial charge in [-0.25, -0.2) is 0 Å². The predicted octanol–water partition coefficient (Wildman–Crippen LogP) is 2.53. The van der Waals surface area contributed by atoms with Gasteiger partial charge < -0.3 is 20.1 Å². The van der Waals surface area contributed by atoms with Gasteiger partial charge in [0.2, 0.25) is 0 Å². The summed E-state index contributed by atoms with van der Waals surface area (Å²) in [6.45, 7) is 4.87. The molecule has 0 saturated carbocycles. The molecule has 0 atom stereocenters. The quantitative estimate of drug-likeness (QED) is 0.451. The molecule has 18 heavy (non-hydrogen) atoms. The van der Waals surface area contributed by atoms with E-state index >= 15 is 0 Å². The van der Waals surface area contributed by atoms with Crippen LogP contribution in [0.2, 0.25) is 0 Å². The highest BCUT2D eigenvalue weighted by molar-refractivity contribution is 7.80. The van der Waals surface area contributed by atoms with Crippen LogP contribution < -0.4 is 15.4 Å². The first kappa shape index (κ1) is 14.3. The van der Waals surface area contributed by atoms with Crippen molar-refractivity contribution in [2.45, 2.75) is 6.42 Å². The van der Waals surface area contributed by atoms with Crippen molar-refractivity contribution in [1.82, 2.24) is 5.32 Å². The van der Waals surface area contributed by atoms with E-state index in [1.807, 2.05) is 24.3 Å². The molecule has 0 aliphatic rings. The Morgan fingerprint density at radius 3 is 2.72 bits per heavy atom. The molecule has 0 unspecified atom stereocenters. The van der Waals surface area contributed by atoms with Crippen LogP contribution in [-0.4, -0.2) is 25.4 Å². The van der Waals surface area contributed by atoms with Crippen molar-refractivity contribution in [2.24, 2.45) is 0 Å². The molecule has 0 aromatic heterocycles. The van der Waals surface area contributed by atoms with E-state index in [4.69, 9.17) is 21.7 Å². The van der Waals surface area contributed by atoms with Crippen molar-refractivity contribution in [2.75, 3.05) is 25.6 Å². The Hall–Kier alpha value is -1.75. The maximum Gasteiger partial charge on any atom is 0.170 e.